The molecule has 5 aliphatic rings. The van der Waals surface area contributed by atoms with Crippen LogP contribution in [0.25, 0.3) is 22.2 Å². The number of hydrogen-bond donors (Lipinski definition) is 1. The quantitative estimate of drug-likeness (QED) is 0.513. The van der Waals surface area contributed by atoms with E-state index < -0.39 is 12.0 Å². The topological polar surface area (TPSA) is 66.4 Å². The Morgan fingerprint density at radius 2 is 1.79 bits per heavy atom. The number of anilines is 1. The van der Waals surface area contributed by atoms with Crippen molar-refractivity contribution in [2.45, 2.75) is 75.2 Å². The molecule has 1 aromatic carbocycles. The third-order valence-electron chi connectivity index (χ3n) is 9.03. The Morgan fingerprint density at radius 3 is 2.54 bits per heavy atom. The molecule has 1 N–H and O–H groups in total. The predicted octanol–water partition coefficient (Wildman–Crippen LogP) is 4.85. The number of nitrogens with one attached hydrogen (secondary N) is 1. The fourth-order valence-electron chi connectivity index (χ4n) is 7.00. The largest absolute Gasteiger partial charge is 0.467 e. The Kier molecular flexibility index (Phi) is 6.59. The van der Waals surface area contributed by atoms with E-state index in [9.17, 15) is 4.39 Å². The first-order valence-corrected chi connectivity index (χ1v) is 14.5. The van der Waals surface area contributed by atoms with E-state index in [1.807, 2.05) is 18.2 Å². The summed E-state index contributed by atoms with van der Waals surface area (Å²) in [5, 5.41) is 4.27. The first-order chi connectivity index (χ1) is 19.1. The summed E-state index contributed by atoms with van der Waals surface area (Å²) in [5.41, 5.74) is 2.66. The van der Waals surface area contributed by atoms with Crippen LogP contribution in [0.4, 0.5) is 14.6 Å². The minimum Gasteiger partial charge on any atom is -0.467 e. The average Bonchev–Trinajstić information content (AvgIpc) is 3.49. The first kappa shape index (κ1) is 25.1. The van der Waals surface area contributed by atoms with Gasteiger partial charge in [-0.05, 0) is 63.0 Å². The minimum absolute atomic E-state index is 0.190. The number of methoxy groups -OCH3 is 1. The molecular weight excluding hydrogens is 498 g/mol. The van der Waals surface area contributed by atoms with Crippen molar-refractivity contribution in [3.8, 4) is 17.3 Å². The molecule has 1 saturated carbocycles. The standard InChI is InChI=1S/C23H24FN5O.C7H12FN/c1-30-23-27-21-18(22(28-23)29-11-14-8-9-15(12-29)26-14)10-25-20(19(21)24)17-5-3-2-4-16(17)13-6-7-13;8-6-4-7-2-1-3-9(7)5-6/h2-5,10,13-15,26H,6-9,11-12H2,1H3;6-7H,1-5H2. The van der Waals surface area contributed by atoms with E-state index in [4.69, 9.17) is 4.74 Å². The van der Waals surface area contributed by atoms with Gasteiger partial charge in [-0.25, -0.2) is 8.78 Å². The van der Waals surface area contributed by atoms with Crippen LogP contribution >= 0.6 is 0 Å². The molecule has 0 amide bonds. The molecule has 0 spiro atoms. The monoisotopic (exact) mass is 534 g/mol. The maximum atomic E-state index is 15.8. The van der Waals surface area contributed by atoms with Crippen LogP contribution in [0, 0.1) is 5.82 Å². The highest BCUT2D eigenvalue weighted by Crippen LogP contribution is 2.45. The number of alkyl halides is 1. The summed E-state index contributed by atoms with van der Waals surface area (Å²) in [5.74, 6) is 0.814. The fraction of sp³-hybridized carbons (Fsp3) is 0.567. The molecule has 4 unspecified atom stereocenters. The van der Waals surface area contributed by atoms with Crippen LogP contribution in [0.3, 0.4) is 0 Å². The van der Waals surface area contributed by atoms with Gasteiger partial charge in [0.15, 0.2) is 5.82 Å². The second-order valence-electron chi connectivity index (χ2n) is 11.7. The number of nitrogens with zero attached hydrogens (tertiary/aromatic N) is 5. The number of benzene rings is 1. The second kappa shape index (κ2) is 10.2. The Labute approximate surface area is 228 Å². The second-order valence-corrected chi connectivity index (χ2v) is 11.7. The molecule has 4 aliphatic heterocycles. The molecule has 7 nitrogen and oxygen atoms in total. The molecule has 4 atom stereocenters. The Morgan fingerprint density at radius 1 is 1.00 bits per heavy atom. The van der Waals surface area contributed by atoms with Crippen LogP contribution in [0.2, 0.25) is 0 Å². The average molecular weight is 535 g/mol. The van der Waals surface area contributed by atoms with Crippen LogP contribution in [0.1, 0.15) is 56.4 Å². The van der Waals surface area contributed by atoms with Gasteiger partial charge in [0, 0.05) is 49.5 Å². The number of rotatable bonds is 4. The maximum absolute atomic E-state index is 15.8. The molecule has 9 heteroatoms. The maximum Gasteiger partial charge on any atom is 0.318 e. The Bertz CT molecular complexity index is 1340. The lowest BCUT2D eigenvalue weighted by molar-refractivity contribution is 0.292. The highest BCUT2D eigenvalue weighted by Gasteiger charge is 2.35. The van der Waals surface area contributed by atoms with Gasteiger partial charge >= 0.3 is 6.01 Å². The molecule has 2 aromatic heterocycles. The van der Waals surface area contributed by atoms with Crippen LogP contribution in [-0.4, -0.2) is 77.4 Å². The van der Waals surface area contributed by atoms with Crippen molar-refractivity contribution in [2.75, 3.05) is 38.2 Å². The number of hydrogen-bond acceptors (Lipinski definition) is 7. The molecule has 5 fully saturated rings. The summed E-state index contributed by atoms with van der Waals surface area (Å²) < 4.78 is 33.8. The lowest BCUT2D eigenvalue weighted by atomic mass is 9.99. The lowest BCUT2D eigenvalue weighted by Crippen LogP contribution is -2.51. The van der Waals surface area contributed by atoms with Crippen LogP contribution in [0.5, 0.6) is 6.01 Å². The van der Waals surface area contributed by atoms with Gasteiger partial charge in [-0.3, -0.25) is 9.88 Å². The highest BCUT2D eigenvalue weighted by molar-refractivity contribution is 5.92. The molecule has 3 aromatic rings. The summed E-state index contributed by atoms with van der Waals surface area (Å²) in [6.45, 7) is 3.55. The van der Waals surface area contributed by atoms with Crippen molar-refractivity contribution in [2.24, 2.45) is 0 Å². The highest BCUT2D eigenvalue weighted by atomic mass is 19.1. The molecule has 1 aliphatic carbocycles. The van der Waals surface area contributed by atoms with Crippen LogP contribution in [0.15, 0.2) is 30.5 Å². The zero-order valence-electron chi connectivity index (χ0n) is 22.5. The van der Waals surface area contributed by atoms with Gasteiger partial charge in [-0.2, -0.15) is 9.97 Å². The lowest BCUT2D eigenvalue weighted by Gasteiger charge is -2.34. The van der Waals surface area contributed by atoms with Crippen molar-refractivity contribution in [1.29, 1.82) is 0 Å². The normalized spacial score (nSPS) is 27.9. The summed E-state index contributed by atoms with van der Waals surface area (Å²) in [4.78, 5) is 18.1. The van der Waals surface area contributed by atoms with E-state index in [0.717, 1.165) is 57.3 Å². The third kappa shape index (κ3) is 4.84. The number of pyridine rings is 1. The van der Waals surface area contributed by atoms with E-state index in [0.29, 0.717) is 47.5 Å². The summed E-state index contributed by atoms with van der Waals surface area (Å²) in [6.07, 6.45) is 9.17. The van der Waals surface area contributed by atoms with Crippen LogP contribution in [-0.2, 0) is 0 Å². The van der Waals surface area contributed by atoms with Gasteiger partial charge < -0.3 is 15.0 Å². The predicted molar refractivity (Wildman–Crippen MR) is 148 cm³/mol. The molecule has 6 heterocycles. The Hall–Kier alpha value is -2.91. The van der Waals surface area contributed by atoms with Gasteiger partial charge in [0.2, 0.25) is 0 Å². The van der Waals surface area contributed by atoms with E-state index in [1.165, 1.54) is 25.5 Å². The number of aromatic nitrogens is 3. The van der Waals surface area contributed by atoms with Crippen molar-refractivity contribution in [1.82, 2.24) is 25.2 Å². The van der Waals surface area contributed by atoms with Crippen molar-refractivity contribution in [3.05, 3.63) is 41.8 Å². The number of halogens is 2. The molecule has 2 bridgehead atoms. The third-order valence-corrected chi connectivity index (χ3v) is 9.03. The first-order valence-electron chi connectivity index (χ1n) is 14.5. The summed E-state index contributed by atoms with van der Waals surface area (Å²) >= 11 is 0. The zero-order valence-corrected chi connectivity index (χ0v) is 22.5. The number of piperazine rings is 1. The van der Waals surface area contributed by atoms with Gasteiger partial charge in [0.1, 0.15) is 23.2 Å². The molecule has 0 radical (unpaired) electrons. The van der Waals surface area contributed by atoms with Crippen molar-refractivity contribution < 1.29 is 13.5 Å². The smallest absolute Gasteiger partial charge is 0.318 e. The van der Waals surface area contributed by atoms with Crippen molar-refractivity contribution >= 4 is 16.7 Å². The van der Waals surface area contributed by atoms with Gasteiger partial charge in [0.05, 0.1) is 12.5 Å². The molecule has 206 valence electrons. The van der Waals surface area contributed by atoms with E-state index in [1.54, 1.807) is 6.20 Å². The van der Waals surface area contributed by atoms with Gasteiger partial charge in [-0.15, -0.1) is 0 Å². The van der Waals surface area contributed by atoms with E-state index in [2.05, 4.69) is 36.1 Å². The summed E-state index contributed by atoms with van der Waals surface area (Å²) in [7, 11) is 1.52. The molecule has 4 saturated heterocycles. The zero-order chi connectivity index (χ0) is 26.5. The molecular formula is C30H36F2N6O. The fourth-order valence-corrected chi connectivity index (χ4v) is 7.00. The van der Waals surface area contributed by atoms with Crippen LogP contribution < -0.4 is 15.0 Å². The minimum atomic E-state index is -0.518. The number of fused-ring (bicyclic) bond motifs is 4. The van der Waals surface area contributed by atoms with Crippen molar-refractivity contribution in [3.63, 3.8) is 0 Å². The van der Waals surface area contributed by atoms with Gasteiger partial charge in [-0.1, -0.05) is 24.3 Å². The summed E-state index contributed by atoms with van der Waals surface area (Å²) in [6, 6.07) is 9.69. The van der Waals surface area contributed by atoms with E-state index >= 15 is 4.39 Å². The number of ether oxygens (including phenoxy) is 1. The molecule has 39 heavy (non-hydrogen) atoms. The Balaban J connectivity index is 0.000000237. The molecule has 8 rings (SSSR count). The SMILES string of the molecule is COc1nc(N2CC3CCC(C2)N3)c2cnc(-c3ccccc3C3CC3)c(F)c2n1.FC1CC2CCCN2C1. The van der Waals surface area contributed by atoms with Gasteiger partial charge in [0.25, 0.3) is 0 Å². The van der Waals surface area contributed by atoms with E-state index in [-0.39, 0.29) is 11.5 Å².